The van der Waals surface area contributed by atoms with Gasteiger partial charge >= 0.3 is 6.18 Å². The van der Waals surface area contributed by atoms with Gasteiger partial charge in [-0.1, -0.05) is 31.4 Å². The maximum absolute atomic E-state index is 12.9. The number of aryl methyl sites for hydroxylation is 1. The number of alkyl halides is 3. The molecule has 1 aromatic carbocycles. The van der Waals surface area contributed by atoms with Crippen molar-refractivity contribution in [1.29, 1.82) is 0 Å². The molecule has 0 N–H and O–H groups in total. The van der Waals surface area contributed by atoms with Gasteiger partial charge in [0.2, 0.25) is 0 Å². The summed E-state index contributed by atoms with van der Waals surface area (Å²) in [6.45, 7) is 3.38. The Morgan fingerprint density at radius 3 is 2.41 bits per heavy atom. The second-order valence-electron chi connectivity index (χ2n) is 7.19. The fraction of sp³-hybridized carbons (Fsp3) is 0.524. The van der Waals surface area contributed by atoms with Crippen LogP contribution < -0.4 is 0 Å². The molecule has 2 aromatic rings. The molecule has 0 saturated carbocycles. The summed E-state index contributed by atoms with van der Waals surface area (Å²) in [6.07, 6.45) is 5.45. The molecular formula is C21H26F3N3. The van der Waals surface area contributed by atoms with Gasteiger partial charge in [0.05, 0.1) is 11.3 Å². The van der Waals surface area contributed by atoms with Crippen LogP contribution in [0.15, 0.2) is 36.7 Å². The average molecular weight is 377 g/mol. The molecule has 1 aromatic heterocycles. The summed E-state index contributed by atoms with van der Waals surface area (Å²) < 4.78 is 38.8. The molecule has 0 bridgehead atoms. The van der Waals surface area contributed by atoms with Gasteiger partial charge in [0.15, 0.2) is 0 Å². The van der Waals surface area contributed by atoms with Crippen LogP contribution in [0.1, 0.15) is 49.8 Å². The van der Waals surface area contributed by atoms with Crippen LogP contribution in [0.2, 0.25) is 0 Å². The van der Waals surface area contributed by atoms with Crippen LogP contribution in [0.4, 0.5) is 13.2 Å². The minimum absolute atomic E-state index is 0.470. The molecule has 1 aliphatic rings. The summed E-state index contributed by atoms with van der Waals surface area (Å²) in [7, 11) is 0. The fourth-order valence-corrected chi connectivity index (χ4v) is 3.57. The Kier molecular flexibility index (Phi) is 6.83. The van der Waals surface area contributed by atoms with Crippen molar-refractivity contribution in [3.05, 3.63) is 47.9 Å². The molecule has 3 nitrogen and oxygen atoms in total. The first-order valence-corrected chi connectivity index (χ1v) is 9.73. The molecule has 1 fully saturated rings. The summed E-state index contributed by atoms with van der Waals surface area (Å²) in [4.78, 5) is 11.0. The lowest BCUT2D eigenvalue weighted by molar-refractivity contribution is -0.137. The Morgan fingerprint density at radius 2 is 1.67 bits per heavy atom. The topological polar surface area (TPSA) is 29.0 Å². The van der Waals surface area contributed by atoms with Crippen molar-refractivity contribution in [3.8, 4) is 11.3 Å². The van der Waals surface area contributed by atoms with E-state index in [4.69, 9.17) is 0 Å². The van der Waals surface area contributed by atoms with Crippen LogP contribution in [0.5, 0.6) is 0 Å². The SMILES string of the molecule is FC(F)(F)c1cccc(-c2cc(CCCN3CCCCCCC3)ncn2)c1. The van der Waals surface area contributed by atoms with Crippen LogP contribution >= 0.6 is 0 Å². The summed E-state index contributed by atoms with van der Waals surface area (Å²) in [6, 6.07) is 7.10. The van der Waals surface area contributed by atoms with E-state index in [9.17, 15) is 13.2 Å². The van der Waals surface area contributed by atoms with E-state index in [1.54, 1.807) is 6.07 Å². The highest BCUT2D eigenvalue weighted by Gasteiger charge is 2.30. The third-order valence-electron chi connectivity index (χ3n) is 5.07. The van der Waals surface area contributed by atoms with Gasteiger partial charge in [0.1, 0.15) is 6.33 Å². The lowest BCUT2D eigenvalue weighted by atomic mass is 10.1. The van der Waals surface area contributed by atoms with Gasteiger partial charge in [-0.2, -0.15) is 13.2 Å². The second kappa shape index (κ2) is 9.31. The van der Waals surface area contributed by atoms with Crippen LogP contribution in [-0.2, 0) is 12.6 Å². The van der Waals surface area contributed by atoms with Gasteiger partial charge in [-0.25, -0.2) is 9.97 Å². The lowest BCUT2D eigenvalue weighted by Gasteiger charge is -2.24. The highest BCUT2D eigenvalue weighted by molar-refractivity contribution is 5.60. The zero-order valence-corrected chi connectivity index (χ0v) is 15.5. The van der Waals surface area contributed by atoms with E-state index in [0.717, 1.165) is 37.2 Å². The molecule has 1 aliphatic heterocycles. The molecule has 0 amide bonds. The van der Waals surface area contributed by atoms with Gasteiger partial charge in [-0.15, -0.1) is 0 Å². The molecule has 1 saturated heterocycles. The molecular weight excluding hydrogens is 351 g/mol. The average Bonchev–Trinajstić information content (AvgIpc) is 2.63. The van der Waals surface area contributed by atoms with Crippen LogP contribution in [0.25, 0.3) is 11.3 Å². The van der Waals surface area contributed by atoms with Crippen molar-refractivity contribution in [1.82, 2.24) is 14.9 Å². The number of hydrogen-bond acceptors (Lipinski definition) is 3. The van der Waals surface area contributed by atoms with Crippen molar-refractivity contribution in [2.24, 2.45) is 0 Å². The number of halogens is 3. The summed E-state index contributed by atoms with van der Waals surface area (Å²) in [5, 5.41) is 0. The van der Waals surface area contributed by atoms with Crippen molar-refractivity contribution in [3.63, 3.8) is 0 Å². The summed E-state index contributed by atoms with van der Waals surface area (Å²) in [5.74, 6) is 0. The first kappa shape index (κ1) is 19.8. The number of aromatic nitrogens is 2. The van der Waals surface area contributed by atoms with Gasteiger partial charge in [-0.3, -0.25) is 0 Å². The van der Waals surface area contributed by atoms with E-state index in [-0.39, 0.29) is 0 Å². The smallest absolute Gasteiger partial charge is 0.303 e. The first-order chi connectivity index (χ1) is 13.0. The maximum atomic E-state index is 12.9. The Hall–Kier alpha value is -1.95. The highest BCUT2D eigenvalue weighted by atomic mass is 19.4. The van der Waals surface area contributed by atoms with E-state index >= 15 is 0 Å². The highest BCUT2D eigenvalue weighted by Crippen LogP contribution is 2.31. The minimum Gasteiger partial charge on any atom is -0.303 e. The van der Waals surface area contributed by atoms with E-state index in [1.807, 2.05) is 6.07 Å². The molecule has 0 atom stereocenters. The van der Waals surface area contributed by atoms with Crippen molar-refractivity contribution in [2.75, 3.05) is 19.6 Å². The number of hydrogen-bond donors (Lipinski definition) is 0. The number of rotatable bonds is 5. The maximum Gasteiger partial charge on any atom is 0.416 e. The molecule has 0 unspecified atom stereocenters. The van der Waals surface area contributed by atoms with Crippen LogP contribution in [-0.4, -0.2) is 34.5 Å². The molecule has 0 spiro atoms. The summed E-state index contributed by atoms with van der Waals surface area (Å²) >= 11 is 0. The van der Waals surface area contributed by atoms with Crippen molar-refractivity contribution in [2.45, 2.75) is 51.1 Å². The second-order valence-corrected chi connectivity index (χ2v) is 7.19. The third kappa shape index (κ3) is 6.03. The quantitative estimate of drug-likeness (QED) is 0.702. The molecule has 2 heterocycles. The Labute approximate surface area is 158 Å². The Balaban J connectivity index is 1.60. The van der Waals surface area contributed by atoms with Gasteiger partial charge in [0.25, 0.3) is 0 Å². The Morgan fingerprint density at radius 1 is 0.926 bits per heavy atom. The first-order valence-electron chi connectivity index (χ1n) is 9.73. The predicted octanol–water partition coefficient (Wildman–Crippen LogP) is 5.36. The van der Waals surface area contributed by atoms with E-state index < -0.39 is 11.7 Å². The number of nitrogens with zero attached hydrogens (tertiary/aromatic N) is 3. The molecule has 27 heavy (non-hydrogen) atoms. The monoisotopic (exact) mass is 377 g/mol. The van der Waals surface area contributed by atoms with E-state index in [1.165, 1.54) is 57.6 Å². The van der Waals surface area contributed by atoms with E-state index in [2.05, 4.69) is 14.9 Å². The van der Waals surface area contributed by atoms with E-state index in [0.29, 0.717) is 11.3 Å². The van der Waals surface area contributed by atoms with Gasteiger partial charge in [0, 0.05) is 11.3 Å². The number of likely N-dealkylation sites (tertiary alicyclic amines) is 1. The van der Waals surface area contributed by atoms with Crippen LogP contribution in [0.3, 0.4) is 0 Å². The van der Waals surface area contributed by atoms with Gasteiger partial charge < -0.3 is 4.90 Å². The molecule has 146 valence electrons. The molecule has 6 heteroatoms. The molecule has 0 radical (unpaired) electrons. The predicted molar refractivity (Wildman–Crippen MR) is 100 cm³/mol. The molecule has 3 rings (SSSR count). The standard InChI is InChI=1S/C21H26F3N3/c22-21(23,24)18-9-6-8-17(14-18)20-15-19(25-16-26-20)10-7-13-27-11-4-2-1-3-5-12-27/h6,8-9,14-16H,1-5,7,10-13H2. The normalized spacial score (nSPS) is 16.7. The largest absolute Gasteiger partial charge is 0.416 e. The fourth-order valence-electron chi connectivity index (χ4n) is 3.57. The number of benzene rings is 1. The zero-order valence-electron chi connectivity index (χ0n) is 15.5. The lowest BCUT2D eigenvalue weighted by Crippen LogP contribution is -2.28. The van der Waals surface area contributed by atoms with Crippen molar-refractivity contribution < 1.29 is 13.2 Å². The zero-order chi connectivity index (χ0) is 19.1. The summed E-state index contributed by atoms with van der Waals surface area (Å²) in [5.41, 5.74) is 1.23. The Bertz CT molecular complexity index is 723. The van der Waals surface area contributed by atoms with Gasteiger partial charge in [-0.05, 0) is 63.5 Å². The molecule has 0 aliphatic carbocycles. The van der Waals surface area contributed by atoms with Crippen LogP contribution in [0, 0.1) is 0 Å². The van der Waals surface area contributed by atoms with Crippen molar-refractivity contribution >= 4 is 0 Å². The third-order valence-corrected chi connectivity index (χ3v) is 5.07. The minimum atomic E-state index is -4.35.